The first-order valence-corrected chi connectivity index (χ1v) is 15.5. The molecular weight excluding hydrogens is 565 g/mol. The van der Waals surface area contributed by atoms with Crippen LogP contribution in [-0.2, 0) is 32.6 Å². The van der Waals surface area contributed by atoms with Crippen LogP contribution in [0.3, 0.4) is 0 Å². The van der Waals surface area contributed by atoms with Gasteiger partial charge >= 0.3 is 0 Å². The predicted octanol–water partition coefficient (Wildman–Crippen LogP) is 5.41. The van der Waals surface area contributed by atoms with Crippen molar-refractivity contribution in [2.24, 2.45) is 0 Å². The molecule has 0 aromatic heterocycles. The van der Waals surface area contributed by atoms with E-state index in [4.69, 9.17) is 0 Å². The number of benzene rings is 4. The van der Waals surface area contributed by atoms with E-state index in [9.17, 15) is 22.4 Å². The lowest BCUT2D eigenvalue weighted by Gasteiger charge is -2.34. The van der Waals surface area contributed by atoms with E-state index in [1.54, 1.807) is 49.4 Å². The van der Waals surface area contributed by atoms with Crippen LogP contribution in [0.2, 0.25) is 0 Å². The summed E-state index contributed by atoms with van der Waals surface area (Å²) >= 11 is 0. The van der Waals surface area contributed by atoms with Crippen molar-refractivity contribution in [3.63, 3.8) is 0 Å². The number of anilines is 1. The van der Waals surface area contributed by atoms with Gasteiger partial charge in [-0.25, -0.2) is 12.8 Å². The van der Waals surface area contributed by atoms with Gasteiger partial charge in [-0.3, -0.25) is 13.9 Å². The number of carbonyl (C=O) groups is 2. The second kappa shape index (κ2) is 14.1. The van der Waals surface area contributed by atoms with Gasteiger partial charge in [0.1, 0.15) is 18.4 Å². The van der Waals surface area contributed by atoms with E-state index >= 15 is 0 Å². The Hall–Kier alpha value is -4.50. The largest absolute Gasteiger partial charge is 0.355 e. The SMILES string of the molecule is CCNC(=O)[C@@H](Cc1ccccc1)N(Cc1ccc(F)cc1)C(=O)CN(c1ccc(C)c(C)c1)S(=O)(=O)c1ccccc1. The average Bonchev–Trinajstić information content (AvgIpc) is 3.01. The van der Waals surface area contributed by atoms with Gasteiger partial charge in [-0.05, 0) is 79.4 Å². The molecule has 1 N–H and O–H groups in total. The summed E-state index contributed by atoms with van der Waals surface area (Å²) in [6.07, 6.45) is 0.203. The summed E-state index contributed by atoms with van der Waals surface area (Å²) in [4.78, 5) is 29.3. The molecule has 0 aliphatic rings. The molecule has 1 atom stereocenters. The number of carbonyl (C=O) groups excluding carboxylic acids is 2. The zero-order valence-corrected chi connectivity index (χ0v) is 25.4. The van der Waals surface area contributed by atoms with E-state index in [0.717, 1.165) is 21.0 Å². The van der Waals surface area contributed by atoms with Crippen LogP contribution in [0.25, 0.3) is 0 Å². The zero-order valence-electron chi connectivity index (χ0n) is 24.5. The minimum absolute atomic E-state index is 0.0279. The smallest absolute Gasteiger partial charge is 0.264 e. The fourth-order valence-corrected chi connectivity index (χ4v) is 6.19. The van der Waals surface area contributed by atoms with E-state index < -0.39 is 34.3 Å². The van der Waals surface area contributed by atoms with Gasteiger partial charge < -0.3 is 10.2 Å². The molecule has 0 heterocycles. The number of aryl methyl sites for hydroxylation is 2. The second-order valence-corrected chi connectivity index (χ2v) is 12.2. The van der Waals surface area contributed by atoms with Crippen LogP contribution in [0.4, 0.5) is 10.1 Å². The lowest BCUT2D eigenvalue weighted by atomic mass is 10.0. The minimum Gasteiger partial charge on any atom is -0.355 e. The summed E-state index contributed by atoms with van der Waals surface area (Å²) in [5.41, 5.74) is 3.61. The summed E-state index contributed by atoms with van der Waals surface area (Å²) in [7, 11) is -4.17. The van der Waals surface area contributed by atoms with Crippen LogP contribution in [-0.4, -0.2) is 44.3 Å². The number of hydrogen-bond donors (Lipinski definition) is 1. The number of halogens is 1. The molecule has 0 spiro atoms. The Bertz CT molecular complexity index is 1650. The predicted molar refractivity (Wildman–Crippen MR) is 166 cm³/mol. The number of likely N-dealkylation sites (N-methyl/N-ethyl adjacent to an activating group) is 1. The van der Waals surface area contributed by atoms with Crippen LogP contribution in [0.15, 0.2) is 108 Å². The van der Waals surface area contributed by atoms with Crippen molar-refractivity contribution >= 4 is 27.5 Å². The number of hydrogen-bond acceptors (Lipinski definition) is 4. The quantitative estimate of drug-likeness (QED) is 0.235. The highest BCUT2D eigenvalue weighted by Gasteiger charge is 2.34. The highest BCUT2D eigenvalue weighted by molar-refractivity contribution is 7.92. The van der Waals surface area contributed by atoms with Crippen molar-refractivity contribution in [3.8, 4) is 0 Å². The first-order chi connectivity index (χ1) is 20.6. The van der Waals surface area contributed by atoms with Crippen LogP contribution in [0.1, 0.15) is 29.2 Å². The summed E-state index contributed by atoms with van der Waals surface area (Å²) in [6.45, 7) is 5.36. The number of nitrogens with zero attached hydrogens (tertiary/aromatic N) is 2. The van der Waals surface area contributed by atoms with Crippen LogP contribution < -0.4 is 9.62 Å². The molecule has 7 nitrogen and oxygen atoms in total. The molecule has 0 radical (unpaired) electrons. The monoisotopic (exact) mass is 601 g/mol. The van der Waals surface area contributed by atoms with Crippen LogP contribution >= 0.6 is 0 Å². The molecule has 2 amide bonds. The normalized spacial score (nSPS) is 11.9. The number of rotatable bonds is 12. The van der Waals surface area contributed by atoms with Crippen molar-refractivity contribution in [1.29, 1.82) is 0 Å². The Balaban J connectivity index is 1.80. The van der Waals surface area contributed by atoms with E-state index in [-0.39, 0.29) is 23.8 Å². The molecule has 0 aliphatic heterocycles. The first-order valence-electron chi connectivity index (χ1n) is 14.1. The van der Waals surface area contributed by atoms with E-state index in [1.165, 1.54) is 29.2 Å². The summed E-state index contributed by atoms with van der Waals surface area (Å²) in [5.74, 6) is -1.37. The topological polar surface area (TPSA) is 86.8 Å². The molecule has 4 aromatic rings. The molecule has 0 saturated carbocycles. The molecule has 0 aliphatic carbocycles. The van der Waals surface area contributed by atoms with E-state index in [1.807, 2.05) is 50.2 Å². The Morgan fingerprint density at radius 3 is 2.05 bits per heavy atom. The van der Waals surface area contributed by atoms with E-state index in [2.05, 4.69) is 5.32 Å². The lowest BCUT2D eigenvalue weighted by molar-refractivity contribution is -0.140. The number of sulfonamides is 1. The summed E-state index contributed by atoms with van der Waals surface area (Å²) in [6, 6.07) is 27.2. The molecule has 0 bridgehead atoms. The number of amides is 2. The van der Waals surface area contributed by atoms with Gasteiger partial charge in [0, 0.05) is 19.5 Å². The molecule has 9 heteroatoms. The fourth-order valence-electron chi connectivity index (χ4n) is 4.76. The highest BCUT2D eigenvalue weighted by Crippen LogP contribution is 2.27. The van der Waals surface area contributed by atoms with Gasteiger partial charge in [-0.15, -0.1) is 0 Å². The van der Waals surface area contributed by atoms with Gasteiger partial charge in [0.25, 0.3) is 10.0 Å². The number of nitrogens with one attached hydrogen (secondary N) is 1. The standard InChI is InChI=1S/C34H36FN3O4S/c1-4-36-34(40)32(22-27-11-7-5-8-12-27)37(23-28-16-18-29(35)19-17-28)33(39)24-38(30-20-15-25(2)26(3)21-30)43(41,42)31-13-9-6-10-14-31/h5-21,32H,4,22-24H2,1-3H3,(H,36,40)/t32-/m1/s1. The maximum absolute atomic E-state index is 14.3. The van der Waals surface area contributed by atoms with Gasteiger partial charge in [0.2, 0.25) is 11.8 Å². The summed E-state index contributed by atoms with van der Waals surface area (Å²) in [5, 5.41) is 2.83. The molecule has 0 fully saturated rings. The minimum atomic E-state index is -4.17. The third-order valence-corrected chi connectivity index (χ3v) is 9.06. The van der Waals surface area contributed by atoms with Crippen molar-refractivity contribution in [3.05, 3.63) is 131 Å². The maximum atomic E-state index is 14.3. The Morgan fingerprint density at radius 2 is 1.44 bits per heavy atom. The van der Waals surface area contributed by atoms with Gasteiger partial charge in [0.05, 0.1) is 10.6 Å². The van der Waals surface area contributed by atoms with Gasteiger partial charge in [0.15, 0.2) is 0 Å². The van der Waals surface area contributed by atoms with Gasteiger partial charge in [-0.1, -0.05) is 66.7 Å². The van der Waals surface area contributed by atoms with Crippen molar-refractivity contribution in [2.45, 2.75) is 44.7 Å². The average molecular weight is 602 g/mol. The summed E-state index contributed by atoms with van der Waals surface area (Å²) < 4.78 is 42.9. The van der Waals surface area contributed by atoms with Crippen LogP contribution in [0.5, 0.6) is 0 Å². The molecule has 0 unspecified atom stereocenters. The zero-order chi connectivity index (χ0) is 31.0. The molecule has 4 rings (SSSR count). The third-order valence-electron chi connectivity index (χ3n) is 7.28. The van der Waals surface area contributed by atoms with E-state index in [0.29, 0.717) is 17.8 Å². The molecule has 4 aromatic carbocycles. The fraction of sp³-hybridized carbons (Fsp3) is 0.235. The maximum Gasteiger partial charge on any atom is 0.264 e. The molecule has 224 valence electrons. The van der Waals surface area contributed by atoms with Crippen molar-refractivity contribution in [1.82, 2.24) is 10.2 Å². The Morgan fingerprint density at radius 1 is 0.814 bits per heavy atom. The van der Waals surface area contributed by atoms with Gasteiger partial charge in [-0.2, -0.15) is 0 Å². The highest BCUT2D eigenvalue weighted by atomic mass is 32.2. The molecule has 43 heavy (non-hydrogen) atoms. The lowest BCUT2D eigenvalue weighted by Crippen LogP contribution is -2.53. The Labute approximate surface area is 253 Å². The Kier molecular flexibility index (Phi) is 10.3. The van der Waals surface area contributed by atoms with Crippen molar-refractivity contribution < 1.29 is 22.4 Å². The third kappa shape index (κ3) is 7.87. The molecular formula is C34H36FN3O4S. The molecule has 0 saturated heterocycles. The van der Waals surface area contributed by atoms with Crippen LogP contribution in [0, 0.1) is 19.7 Å². The second-order valence-electron chi connectivity index (χ2n) is 10.3. The first kappa shape index (κ1) is 31.4. The van der Waals surface area contributed by atoms with Crippen molar-refractivity contribution in [2.75, 3.05) is 17.4 Å².